The minimum atomic E-state index is -0.535. The van der Waals surface area contributed by atoms with E-state index in [2.05, 4.69) is 10.3 Å². The Morgan fingerprint density at radius 2 is 2.62 bits per heavy atom. The highest BCUT2D eigenvalue weighted by molar-refractivity contribution is 5.58. The lowest BCUT2D eigenvalue weighted by Gasteiger charge is -1.87. The maximum absolute atomic E-state index is 9.80. The molecule has 8 heavy (non-hydrogen) atoms. The molecule has 0 spiro atoms. The van der Waals surface area contributed by atoms with Crippen molar-refractivity contribution in [2.75, 3.05) is 0 Å². The molecule has 1 heterocycles. The number of rotatable bonds is 1. The Labute approximate surface area is 44.9 Å². The van der Waals surface area contributed by atoms with E-state index in [-0.39, 0.29) is 5.82 Å². The molecule has 1 aliphatic heterocycles. The first-order valence-electron chi connectivity index (χ1n) is 1.93. The SMILES string of the molecule is O=[N+]([O-])C1=C[N+]=CN1. The lowest BCUT2D eigenvalue weighted by atomic mass is 10.8. The van der Waals surface area contributed by atoms with Crippen LogP contribution in [0.1, 0.15) is 0 Å². The third-order valence-electron chi connectivity index (χ3n) is 0.680. The largest absolute Gasteiger partial charge is 0.367 e. The molecule has 0 atom stereocenters. The Kier molecular flexibility index (Phi) is 0.957. The molecule has 1 radical (unpaired) electrons. The van der Waals surface area contributed by atoms with Crippen LogP contribution in [0.25, 0.3) is 0 Å². The van der Waals surface area contributed by atoms with Gasteiger partial charge in [0.05, 0.1) is 0 Å². The highest BCUT2D eigenvalue weighted by Gasteiger charge is 2.12. The number of nitrogens with zero attached hydrogens (tertiary/aromatic N) is 2. The summed E-state index contributed by atoms with van der Waals surface area (Å²) in [7, 11) is 0. The third kappa shape index (κ3) is 0.651. The molecule has 0 amide bonds. The predicted octanol–water partition coefficient (Wildman–Crippen LogP) is -0.971. The molecule has 0 saturated carbocycles. The summed E-state index contributed by atoms with van der Waals surface area (Å²) in [6.07, 6.45) is 2.41. The van der Waals surface area contributed by atoms with Gasteiger partial charge in [0, 0.05) is 0 Å². The van der Waals surface area contributed by atoms with Gasteiger partial charge in [0.25, 0.3) is 6.34 Å². The molecule has 0 bridgehead atoms. The Morgan fingerprint density at radius 1 is 1.88 bits per heavy atom. The Morgan fingerprint density at radius 3 is 2.88 bits per heavy atom. The predicted molar refractivity (Wildman–Crippen MR) is 26.4 cm³/mol. The molecular weight excluding hydrogens is 110 g/mol. The summed E-state index contributed by atoms with van der Waals surface area (Å²) in [5.41, 5.74) is 0. The van der Waals surface area contributed by atoms with Crippen molar-refractivity contribution in [3.8, 4) is 0 Å². The van der Waals surface area contributed by atoms with Crippen molar-refractivity contribution < 1.29 is 4.92 Å². The first kappa shape index (κ1) is 4.76. The molecule has 0 aromatic heterocycles. The van der Waals surface area contributed by atoms with Gasteiger partial charge in [-0.15, -0.1) is 0 Å². The van der Waals surface area contributed by atoms with E-state index in [1.54, 1.807) is 0 Å². The number of nitro groups is 1. The summed E-state index contributed by atoms with van der Waals surface area (Å²) in [5.74, 6) is -0.0787. The van der Waals surface area contributed by atoms with Gasteiger partial charge in [-0.25, -0.2) is 5.32 Å². The highest BCUT2D eigenvalue weighted by atomic mass is 16.6. The van der Waals surface area contributed by atoms with Crippen molar-refractivity contribution >= 4 is 6.34 Å². The normalized spacial score (nSPS) is 15.2. The van der Waals surface area contributed by atoms with Crippen molar-refractivity contribution in [1.82, 2.24) is 10.3 Å². The fraction of sp³-hybridized carbons (Fsp3) is 0. The second kappa shape index (κ2) is 1.61. The third-order valence-corrected chi connectivity index (χ3v) is 0.680. The van der Waals surface area contributed by atoms with E-state index in [0.717, 1.165) is 6.20 Å². The van der Waals surface area contributed by atoms with Gasteiger partial charge in [-0.1, -0.05) is 0 Å². The second-order valence-corrected chi connectivity index (χ2v) is 1.19. The summed E-state index contributed by atoms with van der Waals surface area (Å²) in [4.78, 5) is 12.7. The number of hydrogen-bond donors (Lipinski definition) is 1. The van der Waals surface area contributed by atoms with Gasteiger partial charge >= 0.3 is 5.82 Å². The fourth-order valence-electron chi connectivity index (χ4n) is 0.348. The van der Waals surface area contributed by atoms with Crippen LogP contribution in [0.15, 0.2) is 12.0 Å². The van der Waals surface area contributed by atoms with Crippen molar-refractivity contribution in [3.05, 3.63) is 22.1 Å². The van der Waals surface area contributed by atoms with Gasteiger partial charge in [-0.2, -0.15) is 0 Å². The molecule has 1 N–H and O–H groups in total. The topological polar surface area (TPSA) is 69.3 Å². The molecule has 0 fully saturated rings. The van der Waals surface area contributed by atoms with E-state index < -0.39 is 4.92 Å². The van der Waals surface area contributed by atoms with Crippen molar-refractivity contribution in [3.63, 3.8) is 0 Å². The number of aliphatic imine (C=N–C) groups is 1. The standard InChI is InChI=1S/C3H3N3O2/c7-6(8)3-1-4-2-5-3/h1-2,5H/q+1. The monoisotopic (exact) mass is 113 g/mol. The molecule has 0 aromatic carbocycles. The van der Waals surface area contributed by atoms with Gasteiger partial charge in [0.2, 0.25) is 6.20 Å². The Balaban J connectivity index is 2.64. The lowest BCUT2D eigenvalue weighted by Crippen LogP contribution is -2.13. The van der Waals surface area contributed by atoms with E-state index in [0.29, 0.717) is 0 Å². The van der Waals surface area contributed by atoms with E-state index in [1.165, 1.54) is 6.34 Å². The van der Waals surface area contributed by atoms with E-state index in [1.807, 2.05) is 0 Å². The van der Waals surface area contributed by atoms with E-state index >= 15 is 0 Å². The molecule has 1 aliphatic rings. The van der Waals surface area contributed by atoms with Crippen LogP contribution in [0.5, 0.6) is 0 Å². The average molecular weight is 113 g/mol. The zero-order valence-electron chi connectivity index (χ0n) is 3.87. The van der Waals surface area contributed by atoms with Gasteiger partial charge in [-0.05, 0) is 9.92 Å². The summed E-state index contributed by atoms with van der Waals surface area (Å²) in [6, 6.07) is 0. The maximum atomic E-state index is 9.80. The van der Waals surface area contributed by atoms with Crippen LogP contribution in [-0.2, 0) is 0 Å². The molecule has 41 valence electrons. The minimum Gasteiger partial charge on any atom is -0.358 e. The van der Waals surface area contributed by atoms with Crippen LogP contribution < -0.4 is 10.3 Å². The first-order valence-corrected chi connectivity index (χ1v) is 1.93. The van der Waals surface area contributed by atoms with Crippen LogP contribution in [0.2, 0.25) is 0 Å². The number of nitrogens with one attached hydrogen (secondary N) is 1. The molecule has 0 aromatic rings. The lowest BCUT2D eigenvalue weighted by molar-refractivity contribution is -0.429. The van der Waals surface area contributed by atoms with Gasteiger partial charge < -0.3 is 10.1 Å². The van der Waals surface area contributed by atoms with Gasteiger partial charge in [0.1, 0.15) is 0 Å². The summed E-state index contributed by atoms with van der Waals surface area (Å²) >= 11 is 0. The molecular formula is C3H3N3O2+. The van der Waals surface area contributed by atoms with Crippen molar-refractivity contribution in [2.24, 2.45) is 0 Å². The van der Waals surface area contributed by atoms with Crippen molar-refractivity contribution in [2.45, 2.75) is 0 Å². The van der Waals surface area contributed by atoms with Crippen LogP contribution in [0, 0.1) is 10.1 Å². The molecule has 1 rings (SSSR count). The molecule has 0 unspecified atom stereocenters. The van der Waals surface area contributed by atoms with E-state index in [9.17, 15) is 10.1 Å². The second-order valence-electron chi connectivity index (χ2n) is 1.19. The van der Waals surface area contributed by atoms with Gasteiger partial charge in [-0.3, -0.25) is 0 Å². The summed E-state index contributed by atoms with van der Waals surface area (Å²) < 4.78 is 0. The quantitative estimate of drug-likeness (QED) is 0.351. The van der Waals surface area contributed by atoms with Crippen LogP contribution in [-0.4, -0.2) is 11.3 Å². The molecule has 5 heteroatoms. The fourth-order valence-corrected chi connectivity index (χ4v) is 0.348. The first-order chi connectivity index (χ1) is 3.80. The highest BCUT2D eigenvalue weighted by Crippen LogP contribution is 1.87. The smallest absolute Gasteiger partial charge is 0.358 e. The van der Waals surface area contributed by atoms with E-state index in [4.69, 9.17) is 0 Å². The number of hydrogen-bond acceptors (Lipinski definition) is 4. The zero-order chi connectivity index (χ0) is 5.98. The molecule has 0 saturated heterocycles. The van der Waals surface area contributed by atoms with Crippen molar-refractivity contribution in [1.29, 1.82) is 0 Å². The van der Waals surface area contributed by atoms with Crippen LogP contribution in [0.4, 0.5) is 0 Å². The van der Waals surface area contributed by atoms with Crippen LogP contribution >= 0.6 is 0 Å². The average Bonchev–Trinajstić information content (AvgIpc) is 2.12. The maximum Gasteiger partial charge on any atom is 0.367 e. The Bertz CT molecular complexity index is 171. The Hall–Kier alpha value is -1.39. The zero-order valence-corrected chi connectivity index (χ0v) is 3.87. The summed E-state index contributed by atoms with van der Waals surface area (Å²) in [6.45, 7) is 0. The molecule has 5 nitrogen and oxygen atoms in total. The molecule has 0 aliphatic carbocycles. The minimum absolute atomic E-state index is 0.0787. The summed E-state index contributed by atoms with van der Waals surface area (Å²) in [5, 5.41) is 12.1. The van der Waals surface area contributed by atoms with Gasteiger partial charge in [0.15, 0.2) is 0 Å². The van der Waals surface area contributed by atoms with Crippen LogP contribution in [0.3, 0.4) is 0 Å².